The van der Waals surface area contributed by atoms with E-state index in [4.69, 9.17) is 4.74 Å². The number of nitrogens with zero attached hydrogens (tertiary/aromatic N) is 2. The molecule has 3 nitrogen and oxygen atoms in total. The summed E-state index contributed by atoms with van der Waals surface area (Å²) >= 11 is 0. The van der Waals surface area contributed by atoms with Gasteiger partial charge in [-0.25, -0.2) is 0 Å². The highest BCUT2D eigenvalue weighted by Gasteiger charge is 2.08. The molecule has 0 N–H and O–H groups in total. The molecular weight excluding hydrogens is 176 g/mol. The zero-order valence-corrected chi connectivity index (χ0v) is 10.2. The number of methoxy groups -OCH3 is 1. The molecule has 0 radical (unpaired) electrons. The molecule has 82 valence electrons. The second-order valence-corrected chi connectivity index (χ2v) is 3.16. The lowest BCUT2D eigenvalue weighted by Gasteiger charge is -2.12. The molecule has 0 spiro atoms. The minimum atomic E-state index is 0.323. The molecule has 14 heavy (non-hydrogen) atoms. The van der Waals surface area contributed by atoms with Gasteiger partial charge < -0.3 is 4.74 Å². The van der Waals surface area contributed by atoms with Gasteiger partial charge in [0.1, 0.15) is 0 Å². The fraction of sp³-hybridized carbons (Fsp3) is 0.727. The van der Waals surface area contributed by atoms with E-state index in [1.807, 2.05) is 24.7 Å². The second-order valence-electron chi connectivity index (χ2n) is 3.16. The molecule has 1 rings (SSSR count). The first-order chi connectivity index (χ1) is 6.66. The van der Waals surface area contributed by atoms with Crippen LogP contribution in [0.25, 0.3) is 0 Å². The molecule has 0 fully saturated rings. The predicted molar refractivity (Wildman–Crippen MR) is 59.6 cm³/mol. The molecule has 1 aromatic heterocycles. The van der Waals surface area contributed by atoms with Gasteiger partial charge in [0.15, 0.2) is 0 Å². The Morgan fingerprint density at radius 1 is 1.43 bits per heavy atom. The van der Waals surface area contributed by atoms with Gasteiger partial charge in [0.2, 0.25) is 0 Å². The maximum Gasteiger partial charge on any atom is 0.0727 e. The summed E-state index contributed by atoms with van der Waals surface area (Å²) < 4.78 is 7.06. The van der Waals surface area contributed by atoms with Gasteiger partial charge in [-0.1, -0.05) is 13.8 Å². The highest BCUT2D eigenvalue weighted by Crippen LogP contribution is 2.11. The molecular formula is C11H22N2O. The monoisotopic (exact) mass is 198 g/mol. The standard InChI is InChI=1S/C9H16N2O.C2H6/c1-7-5-10-11(9(7)3)8(2)6-12-4;1-2/h5,8H,6H2,1-4H3;1-2H3. The van der Waals surface area contributed by atoms with Crippen LogP contribution >= 0.6 is 0 Å². The van der Waals surface area contributed by atoms with Gasteiger partial charge >= 0.3 is 0 Å². The minimum Gasteiger partial charge on any atom is -0.382 e. The predicted octanol–water partition coefficient (Wildman–Crippen LogP) is 2.73. The summed E-state index contributed by atoms with van der Waals surface area (Å²) in [5, 5.41) is 4.27. The van der Waals surface area contributed by atoms with E-state index in [9.17, 15) is 0 Å². The summed E-state index contributed by atoms with van der Waals surface area (Å²) in [4.78, 5) is 0. The second kappa shape index (κ2) is 6.60. The normalized spacial score (nSPS) is 11.9. The highest BCUT2D eigenvalue weighted by atomic mass is 16.5. The average Bonchev–Trinajstić information content (AvgIpc) is 2.51. The van der Waals surface area contributed by atoms with Gasteiger partial charge in [0.05, 0.1) is 18.8 Å². The van der Waals surface area contributed by atoms with E-state index in [0.29, 0.717) is 12.6 Å². The van der Waals surface area contributed by atoms with Crippen LogP contribution < -0.4 is 0 Å². The number of rotatable bonds is 3. The third-order valence-corrected chi connectivity index (χ3v) is 2.12. The summed E-state index contributed by atoms with van der Waals surface area (Å²) in [5.41, 5.74) is 2.46. The van der Waals surface area contributed by atoms with Gasteiger partial charge in [-0.05, 0) is 26.3 Å². The summed E-state index contributed by atoms with van der Waals surface area (Å²) in [7, 11) is 1.71. The van der Waals surface area contributed by atoms with Crippen LogP contribution in [0, 0.1) is 13.8 Å². The summed E-state index contributed by atoms with van der Waals surface area (Å²) in [6.45, 7) is 11.0. The molecule has 1 atom stereocenters. The van der Waals surface area contributed by atoms with Crippen molar-refractivity contribution in [3.05, 3.63) is 17.5 Å². The topological polar surface area (TPSA) is 27.1 Å². The Morgan fingerprint density at radius 3 is 2.36 bits per heavy atom. The Hall–Kier alpha value is -0.830. The maximum atomic E-state index is 5.06. The van der Waals surface area contributed by atoms with Crippen LogP contribution in [0.1, 0.15) is 38.1 Å². The molecule has 0 saturated heterocycles. The first-order valence-electron chi connectivity index (χ1n) is 5.16. The van der Waals surface area contributed by atoms with Crippen molar-refractivity contribution < 1.29 is 4.74 Å². The molecule has 0 saturated carbocycles. The first kappa shape index (κ1) is 13.2. The zero-order chi connectivity index (χ0) is 11.1. The lowest BCUT2D eigenvalue weighted by atomic mass is 10.3. The Bertz CT molecular complexity index is 256. The van der Waals surface area contributed by atoms with Crippen LogP contribution in [0.3, 0.4) is 0 Å². The number of aryl methyl sites for hydroxylation is 1. The zero-order valence-electron chi connectivity index (χ0n) is 10.2. The van der Waals surface area contributed by atoms with Crippen molar-refractivity contribution >= 4 is 0 Å². The Balaban J connectivity index is 0.000000791. The average molecular weight is 198 g/mol. The Morgan fingerprint density at radius 2 is 2.00 bits per heavy atom. The van der Waals surface area contributed by atoms with E-state index in [1.54, 1.807) is 7.11 Å². The fourth-order valence-electron chi connectivity index (χ4n) is 1.27. The molecule has 1 unspecified atom stereocenters. The van der Waals surface area contributed by atoms with Crippen molar-refractivity contribution in [2.45, 2.75) is 40.7 Å². The van der Waals surface area contributed by atoms with Gasteiger partial charge in [-0.3, -0.25) is 4.68 Å². The molecule has 0 bridgehead atoms. The Labute approximate surface area is 87.1 Å². The van der Waals surface area contributed by atoms with Crippen molar-refractivity contribution in [1.29, 1.82) is 0 Å². The molecule has 3 heteroatoms. The molecule has 0 amide bonds. The lowest BCUT2D eigenvalue weighted by molar-refractivity contribution is 0.156. The number of aromatic nitrogens is 2. The van der Waals surface area contributed by atoms with Crippen LogP contribution in [-0.2, 0) is 4.74 Å². The summed E-state index contributed by atoms with van der Waals surface area (Å²) in [6, 6.07) is 0.323. The van der Waals surface area contributed by atoms with Crippen molar-refractivity contribution in [3.63, 3.8) is 0 Å². The van der Waals surface area contributed by atoms with Gasteiger partial charge in [0, 0.05) is 12.8 Å². The molecule has 1 heterocycles. The van der Waals surface area contributed by atoms with Crippen LogP contribution in [0.5, 0.6) is 0 Å². The van der Waals surface area contributed by atoms with E-state index >= 15 is 0 Å². The van der Waals surface area contributed by atoms with Crippen molar-refractivity contribution in [1.82, 2.24) is 9.78 Å². The van der Waals surface area contributed by atoms with Crippen LogP contribution in [0.15, 0.2) is 6.20 Å². The maximum absolute atomic E-state index is 5.06. The molecule has 1 aromatic rings. The highest BCUT2D eigenvalue weighted by molar-refractivity contribution is 5.13. The van der Waals surface area contributed by atoms with Crippen LogP contribution in [0.4, 0.5) is 0 Å². The number of hydrogen-bond acceptors (Lipinski definition) is 2. The van der Waals surface area contributed by atoms with E-state index in [2.05, 4.69) is 25.9 Å². The van der Waals surface area contributed by atoms with Crippen molar-refractivity contribution in [2.24, 2.45) is 0 Å². The van der Waals surface area contributed by atoms with E-state index in [0.717, 1.165) is 0 Å². The number of hydrogen-bond donors (Lipinski definition) is 0. The van der Waals surface area contributed by atoms with Crippen molar-refractivity contribution in [3.8, 4) is 0 Å². The molecule has 0 aromatic carbocycles. The van der Waals surface area contributed by atoms with Crippen molar-refractivity contribution in [2.75, 3.05) is 13.7 Å². The molecule has 0 aliphatic carbocycles. The van der Waals surface area contributed by atoms with E-state index in [1.165, 1.54) is 11.3 Å². The minimum absolute atomic E-state index is 0.323. The van der Waals surface area contributed by atoms with E-state index < -0.39 is 0 Å². The van der Waals surface area contributed by atoms with E-state index in [-0.39, 0.29) is 0 Å². The fourth-order valence-corrected chi connectivity index (χ4v) is 1.27. The van der Waals surface area contributed by atoms with Crippen LogP contribution in [0.2, 0.25) is 0 Å². The first-order valence-corrected chi connectivity index (χ1v) is 5.16. The van der Waals surface area contributed by atoms with Gasteiger partial charge in [-0.15, -0.1) is 0 Å². The number of ether oxygens (including phenoxy) is 1. The van der Waals surface area contributed by atoms with Gasteiger partial charge in [0.25, 0.3) is 0 Å². The molecule has 0 aliphatic heterocycles. The van der Waals surface area contributed by atoms with Gasteiger partial charge in [-0.2, -0.15) is 5.10 Å². The molecule has 0 aliphatic rings. The smallest absolute Gasteiger partial charge is 0.0727 e. The third kappa shape index (κ3) is 3.14. The SMILES string of the molecule is CC.COCC(C)n1ncc(C)c1C. The Kier molecular flexibility index (Phi) is 6.21. The summed E-state index contributed by atoms with van der Waals surface area (Å²) in [6.07, 6.45) is 1.89. The lowest BCUT2D eigenvalue weighted by Crippen LogP contribution is -2.13. The largest absolute Gasteiger partial charge is 0.382 e. The third-order valence-electron chi connectivity index (χ3n) is 2.12. The summed E-state index contributed by atoms with van der Waals surface area (Å²) in [5.74, 6) is 0. The quantitative estimate of drug-likeness (QED) is 0.746. The van der Waals surface area contributed by atoms with Crippen LogP contribution in [-0.4, -0.2) is 23.5 Å².